The summed E-state index contributed by atoms with van der Waals surface area (Å²) in [6, 6.07) is 6.40. The molecule has 112 valence electrons. The van der Waals surface area contributed by atoms with Crippen molar-refractivity contribution in [3.8, 4) is 0 Å². The first-order valence-corrected chi connectivity index (χ1v) is 7.74. The van der Waals surface area contributed by atoms with E-state index in [1.165, 1.54) is 24.1 Å². The number of aliphatic hydroxyl groups is 1. The van der Waals surface area contributed by atoms with Crippen molar-refractivity contribution in [3.63, 3.8) is 0 Å². The lowest BCUT2D eigenvalue weighted by atomic mass is 9.94. The molecule has 1 aromatic carbocycles. The molecule has 1 saturated carbocycles. The molecule has 1 aliphatic rings. The van der Waals surface area contributed by atoms with Crippen LogP contribution in [0, 0.1) is 6.92 Å². The first-order chi connectivity index (χ1) is 9.50. The molecule has 0 amide bonds. The van der Waals surface area contributed by atoms with Crippen LogP contribution < -0.4 is 10.2 Å². The molecule has 0 bridgehead atoms. The van der Waals surface area contributed by atoms with Crippen molar-refractivity contribution in [2.75, 3.05) is 30.9 Å². The minimum Gasteiger partial charge on any atom is -0.388 e. The van der Waals surface area contributed by atoms with E-state index in [2.05, 4.69) is 49.4 Å². The Hall–Kier alpha value is -1.22. The monoisotopic (exact) mass is 276 g/mol. The van der Waals surface area contributed by atoms with Gasteiger partial charge in [0, 0.05) is 32.0 Å². The quantitative estimate of drug-likeness (QED) is 0.825. The van der Waals surface area contributed by atoms with Gasteiger partial charge in [-0.05, 0) is 37.5 Å². The van der Waals surface area contributed by atoms with Gasteiger partial charge in [0.05, 0.1) is 5.60 Å². The second-order valence-corrected chi connectivity index (χ2v) is 6.39. The summed E-state index contributed by atoms with van der Waals surface area (Å²) in [7, 11) is 4.12. The Kier molecular flexibility index (Phi) is 4.92. The van der Waals surface area contributed by atoms with Gasteiger partial charge in [-0.15, -0.1) is 0 Å². The topological polar surface area (TPSA) is 35.5 Å². The molecule has 0 atom stereocenters. The van der Waals surface area contributed by atoms with Crippen LogP contribution in [0.15, 0.2) is 18.2 Å². The van der Waals surface area contributed by atoms with E-state index in [1.54, 1.807) is 0 Å². The molecule has 2 rings (SSSR count). The molecule has 0 spiro atoms. The third kappa shape index (κ3) is 3.89. The van der Waals surface area contributed by atoms with Gasteiger partial charge in [-0.3, -0.25) is 0 Å². The molecule has 1 aliphatic carbocycles. The van der Waals surface area contributed by atoms with Crippen LogP contribution >= 0.6 is 0 Å². The van der Waals surface area contributed by atoms with Crippen LogP contribution in [0.2, 0.25) is 0 Å². The predicted octanol–water partition coefficient (Wildman–Crippen LogP) is 3.56. The van der Waals surface area contributed by atoms with Crippen molar-refractivity contribution < 1.29 is 5.11 Å². The summed E-state index contributed by atoms with van der Waals surface area (Å²) in [4.78, 5) is 2.13. The average Bonchev–Trinajstić information content (AvgIpc) is 2.63. The molecular formula is C17H28N2O. The smallest absolute Gasteiger partial charge is 0.0819 e. The van der Waals surface area contributed by atoms with Gasteiger partial charge in [0.2, 0.25) is 0 Å². The Morgan fingerprint density at radius 2 is 1.80 bits per heavy atom. The van der Waals surface area contributed by atoms with Crippen molar-refractivity contribution in [3.05, 3.63) is 23.8 Å². The minimum absolute atomic E-state index is 0.528. The summed E-state index contributed by atoms with van der Waals surface area (Å²) < 4.78 is 0. The summed E-state index contributed by atoms with van der Waals surface area (Å²) in [5.41, 5.74) is 3.06. The van der Waals surface area contributed by atoms with E-state index < -0.39 is 5.60 Å². The highest BCUT2D eigenvalue weighted by Gasteiger charge is 2.27. The largest absolute Gasteiger partial charge is 0.388 e. The standard InChI is InChI=1S/C17H28N2O/c1-14-8-9-15(12-16(14)19(2)3)18-13-17(20)10-6-4-5-7-11-17/h8-9,12,18,20H,4-7,10-11,13H2,1-3H3. The zero-order valence-corrected chi connectivity index (χ0v) is 13.1. The van der Waals surface area contributed by atoms with E-state index in [0.717, 1.165) is 31.4 Å². The molecule has 3 nitrogen and oxygen atoms in total. The fraction of sp³-hybridized carbons (Fsp3) is 0.647. The fourth-order valence-electron chi connectivity index (χ4n) is 3.03. The number of hydrogen-bond donors (Lipinski definition) is 2. The number of nitrogens with one attached hydrogen (secondary N) is 1. The Balaban J connectivity index is 2.01. The van der Waals surface area contributed by atoms with Crippen molar-refractivity contribution in [2.24, 2.45) is 0 Å². The van der Waals surface area contributed by atoms with Crippen LogP contribution in [-0.2, 0) is 0 Å². The van der Waals surface area contributed by atoms with Crippen LogP contribution in [0.4, 0.5) is 11.4 Å². The molecule has 0 heterocycles. The first-order valence-electron chi connectivity index (χ1n) is 7.74. The number of nitrogens with zero attached hydrogens (tertiary/aromatic N) is 1. The Bertz CT molecular complexity index is 435. The maximum atomic E-state index is 10.7. The molecule has 0 saturated heterocycles. The second kappa shape index (κ2) is 6.49. The second-order valence-electron chi connectivity index (χ2n) is 6.39. The summed E-state index contributed by atoms with van der Waals surface area (Å²) in [5, 5.41) is 14.1. The Labute approximate surface area is 123 Å². The lowest BCUT2D eigenvalue weighted by molar-refractivity contribution is 0.0381. The third-order valence-electron chi connectivity index (χ3n) is 4.35. The predicted molar refractivity (Wildman–Crippen MR) is 86.6 cm³/mol. The van der Waals surface area contributed by atoms with Gasteiger partial charge in [0.1, 0.15) is 0 Å². The highest BCUT2D eigenvalue weighted by molar-refractivity contribution is 5.61. The number of anilines is 2. The molecule has 1 aromatic rings. The third-order valence-corrected chi connectivity index (χ3v) is 4.35. The number of benzene rings is 1. The number of hydrogen-bond acceptors (Lipinski definition) is 3. The van der Waals surface area contributed by atoms with E-state index in [0.29, 0.717) is 6.54 Å². The normalized spacial score (nSPS) is 18.4. The van der Waals surface area contributed by atoms with Crippen molar-refractivity contribution in [1.82, 2.24) is 0 Å². The number of rotatable bonds is 4. The van der Waals surface area contributed by atoms with E-state index in [-0.39, 0.29) is 0 Å². The Morgan fingerprint density at radius 1 is 1.15 bits per heavy atom. The molecule has 0 aromatic heterocycles. The van der Waals surface area contributed by atoms with Gasteiger partial charge in [-0.2, -0.15) is 0 Å². The van der Waals surface area contributed by atoms with Crippen LogP contribution in [-0.4, -0.2) is 31.3 Å². The molecule has 0 unspecified atom stereocenters. The highest BCUT2D eigenvalue weighted by Crippen LogP contribution is 2.28. The minimum atomic E-state index is -0.528. The molecule has 0 radical (unpaired) electrons. The fourth-order valence-corrected chi connectivity index (χ4v) is 3.03. The molecular weight excluding hydrogens is 248 g/mol. The van der Waals surface area contributed by atoms with Gasteiger partial charge in [0.15, 0.2) is 0 Å². The van der Waals surface area contributed by atoms with Crippen molar-refractivity contribution >= 4 is 11.4 Å². The van der Waals surface area contributed by atoms with E-state index in [4.69, 9.17) is 0 Å². The summed E-state index contributed by atoms with van der Waals surface area (Å²) in [6.45, 7) is 2.78. The summed E-state index contributed by atoms with van der Waals surface area (Å²) >= 11 is 0. The van der Waals surface area contributed by atoms with Gasteiger partial charge in [-0.1, -0.05) is 31.7 Å². The van der Waals surface area contributed by atoms with Crippen molar-refractivity contribution in [2.45, 2.75) is 51.0 Å². The van der Waals surface area contributed by atoms with Gasteiger partial charge in [0.25, 0.3) is 0 Å². The first kappa shape index (κ1) is 15.2. The SMILES string of the molecule is Cc1ccc(NCC2(O)CCCCCC2)cc1N(C)C. The highest BCUT2D eigenvalue weighted by atomic mass is 16.3. The molecule has 3 heteroatoms. The molecule has 2 N–H and O–H groups in total. The summed E-state index contributed by atoms with van der Waals surface area (Å²) in [5.74, 6) is 0. The van der Waals surface area contributed by atoms with Gasteiger partial charge < -0.3 is 15.3 Å². The van der Waals surface area contributed by atoms with Crippen LogP contribution in [0.3, 0.4) is 0 Å². The van der Waals surface area contributed by atoms with Crippen molar-refractivity contribution in [1.29, 1.82) is 0 Å². The lowest BCUT2D eigenvalue weighted by Gasteiger charge is -2.27. The van der Waals surface area contributed by atoms with Gasteiger partial charge in [-0.25, -0.2) is 0 Å². The van der Waals surface area contributed by atoms with Crippen LogP contribution in [0.5, 0.6) is 0 Å². The Morgan fingerprint density at radius 3 is 2.40 bits per heavy atom. The average molecular weight is 276 g/mol. The maximum absolute atomic E-state index is 10.7. The van der Waals surface area contributed by atoms with E-state index in [9.17, 15) is 5.11 Å². The van der Waals surface area contributed by atoms with E-state index >= 15 is 0 Å². The molecule has 1 fully saturated rings. The zero-order chi connectivity index (χ0) is 14.6. The van der Waals surface area contributed by atoms with E-state index in [1.807, 2.05) is 0 Å². The van der Waals surface area contributed by atoms with Gasteiger partial charge >= 0.3 is 0 Å². The van der Waals surface area contributed by atoms with Crippen LogP contribution in [0.1, 0.15) is 44.1 Å². The summed E-state index contributed by atoms with van der Waals surface area (Å²) in [6.07, 6.45) is 6.66. The number of aryl methyl sites for hydroxylation is 1. The lowest BCUT2D eigenvalue weighted by Crippen LogP contribution is -2.36. The zero-order valence-electron chi connectivity index (χ0n) is 13.1. The van der Waals surface area contributed by atoms with Crippen LogP contribution in [0.25, 0.3) is 0 Å². The molecule has 0 aliphatic heterocycles. The molecule has 20 heavy (non-hydrogen) atoms. The maximum Gasteiger partial charge on any atom is 0.0819 e.